The van der Waals surface area contributed by atoms with Gasteiger partial charge in [-0.15, -0.1) is 22.7 Å². The zero-order valence-corrected chi connectivity index (χ0v) is 21.0. The summed E-state index contributed by atoms with van der Waals surface area (Å²) in [6.45, 7) is 6.57. The van der Waals surface area contributed by atoms with E-state index in [1.54, 1.807) is 51.4 Å². The smallest absolute Gasteiger partial charge is 0.263 e. The molecule has 33 heavy (non-hydrogen) atoms. The van der Waals surface area contributed by atoms with E-state index < -0.39 is 0 Å². The van der Waals surface area contributed by atoms with E-state index in [2.05, 4.69) is 41.6 Å². The molecule has 0 radical (unpaired) electrons. The van der Waals surface area contributed by atoms with E-state index in [0.717, 1.165) is 42.5 Å². The second-order valence-corrected chi connectivity index (χ2v) is 10.9. The van der Waals surface area contributed by atoms with Crippen LogP contribution in [0.2, 0.25) is 0 Å². The number of nitrogens with zero attached hydrogens (tertiary/aromatic N) is 4. The van der Waals surface area contributed by atoms with Crippen molar-refractivity contribution in [2.24, 2.45) is 0 Å². The third-order valence-corrected chi connectivity index (χ3v) is 8.57. The molecule has 1 aromatic carbocycles. The molecule has 5 rings (SSSR count). The molecule has 0 unspecified atom stereocenters. The van der Waals surface area contributed by atoms with Gasteiger partial charge < -0.3 is 0 Å². The van der Waals surface area contributed by atoms with E-state index in [9.17, 15) is 4.79 Å². The van der Waals surface area contributed by atoms with Crippen LogP contribution in [-0.2, 0) is 12.3 Å². The predicted molar refractivity (Wildman–Crippen MR) is 139 cm³/mol. The zero-order valence-electron chi connectivity index (χ0n) is 18.5. The average molecular weight is 491 g/mol. The molecule has 5 nitrogen and oxygen atoms in total. The molecule has 166 valence electrons. The van der Waals surface area contributed by atoms with Gasteiger partial charge in [-0.2, -0.15) is 0 Å². The monoisotopic (exact) mass is 490 g/mol. The SMILES string of the molecule is Cc1ccc(-c2nc(CSc3nc4sc(C)c(C)c4c(=O)n3Cc3cccnc3)cs2)cc1. The van der Waals surface area contributed by atoms with Crippen molar-refractivity contribution in [3.05, 3.63) is 91.8 Å². The standard InChI is InChI=1S/C25H22N4OS3/c1-15-6-8-19(9-7-15)22-27-20(13-31-22)14-32-25-28-23-21(16(2)17(3)33-23)24(30)29(25)12-18-5-4-10-26-11-18/h4-11,13H,12,14H2,1-3H3. The number of thiazole rings is 1. The molecule has 4 heterocycles. The van der Waals surface area contributed by atoms with Crippen LogP contribution in [0, 0.1) is 20.8 Å². The summed E-state index contributed by atoms with van der Waals surface area (Å²) in [5, 5.41) is 4.53. The second kappa shape index (κ2) is 9.21. The number of hydrogen-bond donors (Lipinski definition) is 0. The van der Waals surface area contributed by atoms with Gasteiger partial charge in [-0.1, -0.05) is 47.7 Å². The maximum Gasteiger partial charge on any atom is 0.263 e. The summed E-state index contributed by atoms with van der Waals surface area (Å²) in [7, 11) is 0. The number of aryl methyl sites for hydroxylation is 3. The molecule has 8 heteroatoms. The Kier molecular flexibility index (Phi) is 6.14. The second-order valence-electron chi connectivity index (χ2n) is 7.91. The van der Waals surface area contributed by atoms with Gasteiger partial charge in [0.05, 0.1) is 17.6 Å². The van der Waals surface area contributed by atoms with E-state index in [-0.39, 0.29) is 5.56 Å². The van der Waals surface area contributed by atoms with E-state index in [0.29, 0.717) is 17.5 Å². The van der Waals surface area contributed by atoms with Crippen LogP contribution in [0.4, 0.5) is 0 Å². The number of hydrogen-bond acceptors (Lipinski definition) is 7. The van der Waals surface area contributed by atoms with E-state index in [1.807, 2.05) is 26.0 Å². The van der Waals surface area contributed by atoms with Crippen molar-refractivity contribution in [3.63, 3.8) is 0 Å². The Morgan fingerprint density at radius 1 is 1.06 bits per heavy atom. The fourth-order valence-electron chi connectivity index (χ4n) is 3.57. The predicted octanol–water partition coefficient (Wildman–Crippen LogP) is 6.24. The first-order valence-corrected chi connectivity index (χ1v) is 13.2. The minimum Gasteiger partial charge on any atom is -0.282 e. The van der Waals surface area contributed by atoms with Gasteiger partial charge in [-0.05, 0) is 38.0 Å². The molecule has 0 bridgehead atoms. The lowest BCUT2D eigenvalue weighted by atomic mass is 10.2. The Hall–Kier alpha value is -2.81. The molecule has 0 amide bonds. The molecule has 0 N–H and O–H groups in total. The lowest BCUT2D eigenvalue weighted by molar-refractivity contribution is 0.657. The zero-order chi connectivity index (χ0) is 22.9. The molecule has 0 spiro atoms. The lowest BCUT2D eigenvalue weighted by Crippen LogP contribution is -2.24. The van der Waals surface area contributed by atoms with Crippen molar-refractivity contribution >= 4 is 44.7 Å². The van der Waals surface area contributed by atoms with E-state index in [1.165, 1.54) is 5.56 Å². The summed E-state index contributed by atoms with van der Waals surface area (Å²) in [6, 6.07) is 12.3. The average Bonchev–Trinajstić information content (AvgIpc) is 3.40. The Balaban J connectivity index is 1.47. The van der Waals surface area contributed by atoms with Crippen LogP contribution in [0.5, 0.6) is 0 Å². The van der Waals surface area contributed by atoms with Gasteiger partial charge in [0.25, 0.3) is 5.56 Å². The number of thiophene rings is 1. The molecule has 0 aliphatic carbocycles. The third-order valence-electron chi connectivity index (χ3n) is 5.52. The van der Waals surface area contributed by atoms with Crippen molar-refractivity contribution in [1.82, 2.24) is 19.5 Å². The normalized spacial score (nSPS) is 11.4. The number of aromatic nitrogens is 4. The summed E-state index contributed by atoms with van der Waals surface area (Å²) in [4.78, 5) is 29.4. The van der Waals surface area contributed by atoms with Crippen LogP contribution < -0.4 is 5.56 Å². The Morgan fingerprint density at radius 3 is 2.64 bits per heavy atom. The fourth-order valence-corrected chi connectivity index (χ4v) is 6.47. The first-order chi connectivity index (χ1) is 16.0. The van der Waals surface area contributed by atoms with E-state index in [4.69, 9.17) is 9.97 Å². The Bertz CT molecular complexity index is 1480. The molecular weight excluding hydrogens is 469 g/mol. The minimum absolute atomic E-state index is 0.00632. The van der Waals surface area contributed by atoms with Crippen LogP contribution in [0.25, 0.3) is 20.8 Å². The fraction of sp³-hybridized carbons (Fsp3) is 0.200. The van der Waals surface area contributed by atoms with Gasteiger partial charge in [0.2, 0.25) is 0 Å². The Labute approximate surface area is 204 Å². The number of thioether (sulfide) groups is 1. The summed E-state index contributed by atoms with van der Waals surface area (Å²) in [5.41, 5.74) is 5.35. The highest BCUT2D eigenvalue weighted by atomic mass is 32.2. The first kappa shape index (κ1) is 22.0. The van der Waals surface area contributed by atoms with Crippen molar-refractivity contribution in [1.29, 1.82) is 0 Å². The molecular formula is C25H22N4OS3. The minimum atomic E-state index is 0.00632. The molecule has 0 aliphatic heterocycles. The molecule has 0 aliphatic rings. The number of benzene rings is 1. The van der Waals surface area contributed by atoms with E-state index >= 15 is 0 Å². The summed E-state index contributed by atoms with van der Waals surface area (Å²) in [6.07, 6.45) is 3.54. The molecule has 5 aromatic rings. The largest absolute Gasteiger partial charge is 0.282 e. The van der Waals surface area contributed by atoms with Crippen LogP contribution in [-0.4, -0.2) is 19.5 Å². The van der Waals surface area contributed by atoms with Crippen molar-refractivity contribution in [2.45, 2.75) is 38.2 Å². The lowest BCUT2D eigenvalue weighted by Gasteiger charge is -2.12. The van der Waals surface area contributed by atoms with Crippen LogP contribution in [0.3, 0.4) is 0 Å². The van der Waals surface area contributed by atoms with Crippen LogP contribution >= 0.6 is 34.4 Å². The summed E-state index contributed by atoms with van der Waals surface area (Å²) < 4.78 is 1.77. The quantitative estimate of drug-likeness (QED) is 0.208. The van der Waals surface area contributed by atoms with Crippen molar-refractivity contribution in [3.8, 4) is 10.6 Å². The summed E-state index contributed by atoms with van der Waals surface area (Å²) >= 11 is 4.78. The van der Waals surface area contributed by atoms with Crippen LogP contribution in [0.15, 0.2) is 64.1 Å². The maximum absolute atomic E-state index is 13.5. The van der Waals surface area contributed by atoms with Crippen LogP contribution in [0.1, 0.15) is 27.3 Å². The summed E-state index contributed by atoms with van der Waals surface area (Å²) in [5.74, 6) is 0.649. The van der Waals surface area contributed by atoms with Gasteiger partial charge in [-0.3, -0.25) is 14.3 Å². The maximum atomic E-state index is 13.5. The van der Waals surface area contributed by atoms with Gasteiger partial charge in [0, 0.05) is 34.0 Å². The highest BCUT2D eigenvalue weighted by Gasteiger charge is 2.18. The molecule has 0 saturated carbocycles. The molecule has 0 saturated heterocycles. The van der Waals surface area contributed by atoms with Gasteiger partial charge >= 0.3 is 0 Å². The Morgan fingerprint density at radius 2 is 1.88 bits per heavy atom. The molecule has 4 aromatic heterocycles. The van der Waals surface area contributed by atoms with Crippen molar-refractivity contribution in [2.75, 3.05) is 0 Å². The number of rotatable bonds is 6. The highest BCUT2D eigenvalue weighted by molar-refractivity contribution is 7.98. The first-order valence-electron chi connectivity index (χ1n) is 10.5. The van der Waals surface area contributed by atoms with Crippen molar-refractivity contribution < 1.29 is 0 Å². The molecule has 0 atom stereocenters. The van der Waals surface area contributed by atoms with Gasteiger partial charge in [0.1, 0.15) is 9.84 Å². The number of fused-ring (bicyclic) bond motifs is 1. The molecule has 0 fully saturated rings. The number of pyridine rings is 1. The highest BCUT2D eigenvalue weighted by Crippen LogP contribution is 2.31. The third kappa shape index (κ3) is 4.51. The van der Waals surface area contributed by atoms with Gasteiger partial charge in [-0.25, -0.2) is 9.97 Å². The topological polar surface area (TPSA) is 60.7 Å². The van der Waals surface area contributed by atoms with Gasteiger partial charge in [0.15, 0.2) is 5.16 Å².